The highest BCUT2D eigenvalue weighted by atomic mass is 16.7. The molecular weight excluding hydrogens is 540 g/mol. The molecule has 7 N–H and O–H groups in total. The minimum Gasteiger partial charge on any atom is -0.507 e. The minimum atomic E-state index is -1.84. The minimum absolute atomic E-state index is 0.139. The van der Waals surface area contributed by atoms with Gasteiger partial charge in [0.2, 0.25) is 17.5 Å². The van der Waals surface area contributed by atoms with E-state index >= 15 is 0 Å². The summed E-state index contributed by atoms with van der Waals surface area (Å²) in [6.45, 7) is -0.683. The van der Waals surface area contributed by atoms with Crippen LogP contribution in [0.15, 0.2) is 39.5 Å². The number of aromatic hydroxyl groups is 3. The molecule has 1 aliphatic heterocycles. The van der Waals surface area contributed by atoms with E-state index in [0.29, 0.717) is 0 Å². The van der Waals surface area contributed by atoms with Crippen LogP contribution in [0.5, 0.6) is 28.7 Å². The lowest BCUT2D eigenvalue weighted by molar-refractivity contribution is -0.278. The van der Waals surface area contributed by atoms with E-state index in [1.165, 1.54) is 13.2 Å². The molecule has 15 nitrogen and oxygen atoms in total. The van der Waals surface area contributed by atoms with E-state index in [2.05, 4.69) is 0 Å². The number of aliphatic hydroxyl groups excluding tert-OH is 3. The molecule has 0 radical (unpaired) electrons. The number of carboxylic acids is 1. The van der Waals surface area contributed by atoms with Crippen molar-refractivity contribution in [2.75, 3.05) is 13.7 Å². The molecule has 4 rings (SSSR count). The first kappa shape index (κ1) is 28.4. The Kier molecular flexibility index (Phi) is 8.01. The van der Waals surface area contributed by atoms with Crippen LogP contribution in [0.25, 0.3) is 22.3 Å². The van der Waals surface area contributed by atoms with Crippen LogP contribution in [0.4, 0.5) is 0 Å². The standard InChI is InChI=1S/C25H24O15/c1-36-24-20(33)18-13(28)5-10(6-14(18)39-23(24)9-2-3-11(26)12(27)4-9)38-25-22(35)21(34)19(32)15(40-25)8-37-17(31)7-16(29)30/h2-6,15,19,21-22,25-28,32,34-35H,7-8H2,1H3,(H,29,30)/t15-,19-,21+,22-,25-/m1/s1. The molecule has 0 aliphatic carbocycles. The van der Waals surface area contributed by atoms with Gasteiger partial charge < -0.3 is 59.1 Å². The Morgan fingerprint density at radius 2 is 1.68 bits per heavy atom. The van der Waals surface area contributed by atoms with Crippen LogP contribution in [-0.4, -0.2) is 92.1 Å². The Hall–Kier alpha value is -4.57. The van der Waals surface area contributed by atoms with E-state index in [9.17, 15) is 45.0 Å². The van der Waals surface area contributed by atoms with Crippen LogP contribution in [0, 0.1) is 0 Å². The van der Waals surface area contributed by atoms with Crippen LogP contribution in [0.1, 0.15) is 6.42 Å². The SMILES string of the molecule is COc1c(-c2ccc(O)c(O)c2)oc2cc(O[C@@H]3O[C@H](COC(=O)CC(=O)O)[C@@H](O)[C@H](O)[C@H]3O)cc(O)c2c1=O. The summed E-state index contributed by atoms with van der Waals surface area (Å²) in [6.07, 6.45) is -9.51. The summed E-state index contributed by atoms with van der Waals surface area (Å²) in [5.74, 6) is -4.84. The first-order chi connectivity index (χ1) is 18.9. The van der Waals surface area contributed by atoms with E-state index in [4.69, 9.17) is 28.5 Å². The predicted octanol–water partition coefficient (Wildman–Crippen LogP) is -0.210. The molecule has 214 valence electrons. The normalized spacial score (nSPS) is 22.6. The molecule has 1 aliphatic rings. The number of rotatable bonds is 8. The van der Waals surface area contributed by atoms with Gasteiger partial charge in [-0.15, -0.1) is 0 Å². The van der Waals surface area contributed by atoms with Crippen LogP contribution < -0.4 is 14.9 Å². The number of fused-ring (bicyclic) bond motifs is 1. The van der Waals surface area contributed by atoms with Gasteiger partial charge in [0, 0.05) is 17.7 Å². The van der Waals surface area contributed by atoms with Crippen LogP contribution in [0.2, 0.25) is 0 Å². The maximum absolute atomic E-state index is 13.1. The van der Waals surface area contributed by atoms with Gasteiger partial charge in [-0.05, 0) is 18.2 Å². The first-order valence-corrected chi connectivity index (χ1v) is 11.5. The molecule has 0 spiro atoms. The number of carbonyl (C=O) groups excluding carboxylic acids is 1. The summed E-state index contributed by atoms with van der Waals surface area (Å²) < 4.78 is 26.6. The third-order valence-electron chi connectivity index (χ3n) is 5.97. The van der Waals surface area contributed by atoms with Gasteiger partial charge >= 0.3 is 11.9 Å². The van der Waals surface area contributed by atoms with Gasteiger partial charge in [0.05, 0.1) is 7.11 Å². The number of esters is 1. The second kappa shape index (κ2) is 11.3. The van der Waals surface area contributed by atoms with Crippen molar-refractivity contribution in [3.8, 4) is 40.1 Å². The maximum atomic E-state index is 13.1. The second-order valence-electron chi connectivity index (χ2n) is 8.70. The summed E-state index contributed by atoms with van der Waals surface area (Å²) in [5.41, 5.74) is -0.875. The highest BCUT2D eigenvalue weighted by molar-refractivity contribution is 5.90. The molecule has 0 bridgehead atoms. The number of methoxy groups -OCH3 is 1. The lowest BCUT2D eigenvalue weighted by Gasteiger charge is -2.39. The molecule has 40 heavy (non-hydrogen) atoms. The molecular formula is C25H24O15. The van der Waals surface area contributed by atoms with Crippen LogP contribution in [0.3, 0.4) is 0 Å². The molecule has 2 aromatic carbocycles. The number of carbonyl (C=O) groups is 2. The zero-order valence-corrected chi connectivity index (χ0v) is 20.6. The third-order valence-corrected chi connectivity index (χ3v) is 5.97. The van der Waals surface area contributed by atoms with Crippen molar-refractivity contribution in [1.29, 1.82) is 0 Å². The van der Waals surface area contributed by atoms with E-state index < -0.39 is 78.3 Å². The Labute approximate surface area is 223 Å². The number of phenols is 3. The average Bonchev–Trinajstić information content (AvgIpc) is 2.89. The quantitative estimate of drug-likeness (QED) is 0.106. The number of hydrogen-bond acceptors (Lipinski definition) is 14. The van der Waals surface area contributed by atoms with Crippen molar-refractivity contribution in [2.24, 2.45) is 0 Å². The molecule has 0 amide bonds. The fraction of sp³-hybridized carbons (Fsp3) is 0.320. The highest BCUT2D eigenvalue weighted by Gasteiger charge is 2.45. The lowest BCUT2D eigenvalue weighted by atomic mass is 9.99. The van der Waals surface area contributed by atoms with Gasteiger partial charge in [-0.1, -0.05) is 0 Å². The van der Waals surface area contributed by atoms with Crippen molar-refractivity contribution < 1.29 is 68.7 Å². The van der Waals surface area contributed by atoms with E-state index in [-0.39, 0.29) is 33.8 Å². The zero-order chi connectivity index (χ0) is 29.3. The monoisotopic (exact) mass is 564 g/mol. The highest BCUT2D eigenvalue weighted by Crippen LogP contribution is 2.39. The summed E-state index contributed by atoms with van der Waals surface area (Å²) in [7, 11) is 1.19. The Morgan fingerprint density at radius 1 is 0.950 bits per heavy atom. The molecule has 1 fully saturated rings. The third kappa shape index (κ3) is 5.57. The van der Waals surface area contributed by atoms with E-state index in [1.54, 1.807) is 0 Å². The molecule has 3 aromatic rings. The van der Waals surface area contributed by atoms with Crippen LogP contribution in [-0.2, 0) is 19.1 Å². The summed E-state index contributed by atoms with van der Waals surface area (Å²) in [4.78, 5) is 35.3. The van der Waals surface area contributed by atoms with Crippen molar-refractivity contribution in [1.82, 2.24) is 0 Å². The van der Waals surface area contributed by atoms with Crippen molar-refractivity contribution in [3.63, 3.8) is 0 Å². The molecule has 0 unspecified atom stereocenters. The Balaban J connectivity index is 1.66. The van der Waals surface area contributed by atoms with Gasteiger partial charge in [-0.3, -0.25) is 14.4 Å². The summed E-state index contributed by atoms with van der Waals surface area (Å²) >= 11 is 0. The number of aliphatic carboxylic acids is 1. The molecule has 1 aromatic heterocycles. The number of phenolic OH excluding ortho intramolecular Hbond substituents is 3. The number of aliphatic hydroxyl groups is 3. The van der Waals surface area contributed by atoms with Crippen molar-refractivity contribution >= 4 is 22.9 Å². The second-order valence-corrected chi connectivity index (χ2v) is 8.70. The van der Waals surface area contributed by atoms with Crippen molar-refractivity contribution in [3.05, 3.63) is 40.6 Å². The molecule has 1 saturated heterocycles. The molecule has 2 heterocycles. The molecule has 5 atom stereocenters. The van der Waals surface area contributed by atoms with Gasteiger partial charge in [0.25, 0.3) is 0 Å². The summed E-state index contributed by atoms with van der Waals surface area (Å²) in [6, 6.07) is 5.74. The smallest absolute Gasteiger partial charge is 0.317 e. The fourth-order valence-corrected chi connectivity index (χ4v) is 4.00. The Bertz CT molecular complexity index is 1500. The number of carboxylic acid groups (broad SMARTS) is 1. The largest absolute Gasteiger partial charge is 0.507 e. The predicted molar refractivity (Wildman–Crippen MR) is 130 cm³/mol. The first-order valence-electron chi connectivity index (χ1n) is 11.5. The van der Waals surface area contributed by atoms with Gasteiger partial charge in [-0.25, -0.2) is 0 Å². The van der Waals surface area contributed by atoms with Crippen molar-refractivity contribution in [2.45, 2.75) is 37.1 Å². The van der Waals surface area contributed by atoms with Gasteiger partial charge in [0.1, 0.15) is 59.9 Å². The zero-order valence-electron chi connectivity index (χ0n) is 20.6. The lowest BCUT2D eigenvalue weighted by Crippen LogP contribution is -2.60. The van der Waals surface area contributed by atoms with E-state index in [1.807, 2.05) is 0 Å². The number of benzene rings is 2. The topological polar surface area (TPSA) is 243 Å². The number of ether oxygens (including phenoxy) is 4. The van der Waals surface area contributed by atoms with Crippen LogP contribution >= 0.6 is 0 Å². The van der Waals surface area contributed by atoms with Gasteiger partial charge in [-0.2, -0.15) is 0 Å². The number of hydrogen-bond donors (Lipinski definition) is 7. The van der Waals surface area contributed by atoms with E-state index in [0.717, 1.165) is 24.3 Å². The maximum Gasteiger partial charge on any atom is 0.317 e. The average molecular weight is 564 g/mol. The summed E-state index contributed by atoms with van der Waals surface area (Å²) in [5, 5.41) is 69.2. The fourth-order valence-electron chi connectivity index (χ4n) is 4.00. The molecule has 15 heteroatoms. The Morgan fingerprint density at radius 3 is 2.33 bits per heavy atom. The van der Waals surface area contributed by atoms with Gasteiger partial charge in [0.15, 0.2) is 17.3 Å². The molecule has 0 saturated carbocycles.